The van der Waals surface area contributed by atoms with Crippen molar-refractivity contribution in [2.24, 2.45) is 7.05 Å². The number of benzene rings is 1. The smallest absolute Gasteiger partial charge is 0.313 e. The molecule has 116 valence electrons. The number of para-hydroxylation sites is 1. The highest BCUT2D eigenvalue weighted by atomic mass is 16.2. The van der Waals surface area contributed by atoms with Crippen molar-refractivity contribution >= 4 is 23.2 Å². The van der Waals surface area contributed by atoms with Crippen LogP contribution in [0, 0.1) is 0 Å². The third-order valence-electron chi connectivity index (χ3n) is 2.93. The summed E-state index contributed by atoms with van der Waals surface area (Å²) in [4.78, 5) is 23.5. The van der Waals surface area contributed by atoms with Crippen LogP contribution in [0.3, 0.4) is 0 Å². The van der Waals surface area contributed by atoms with Gasteiger partial charge in [0.2, 0.25) is 0 Å². The Hall–Kier alpha value is -2.83. The van der Waals surface area contributed by atoms with Crippen LogP contribution in [-0.2, 0) is 16.6 Å². The van der Waals surface area contributed by atoms with E-state index < -0.39 is 11.8 Å². The van der Waals surface area contributed by atoms with Crippen molar-refractivity contribution in [3.05, 3.63) is 42.7 Å². The minimum absolute atomic E-state index is 0.188. The van der Waals surface area contributed by atoms with Gasteiger partial charge in [0.15, 0.2) is 0 Å². The first-order valence-electron chi connectivity index (χ1n) is 6.94. The second-order valence-electron chi connectivity index (χ2n) is 4.98. The van der Waals surface area contributed by atoms with Crippen LogP contribution in [0.4, 0.5) is 11.4 Å². The Morgan fingerprint density at radius 2 is 1.91 bits per heavy atom. The zero-order valence-corrected chi connectivity index (χ0v) is 12.5. The number of carbonyl (C=O) groups is 2. The zero-order chi connectivity index (χ0) is 15.9. The zero-order valence-electron chi connectivity index (χ0n) is 12.5. The van der Waals surface area contributed by atoms with E-state index in [-0.39, 0.29) is 6.04 Å². The molecule has 2 aromatic rings. The van der Waals surface area contributed by atoms with Crippen LogP contribution in [0.1, 0.15) is 6.92 Å². The van der Waals surface area contributed by atoms with Gasteiger partial charge >= 0.3 is 11.8 Å². The molecule has 2 amide bonds. The van der Waals surface area contributed by atoms with Gasteiger partial charge in [-0.3, -0.25) is 14.3 Å². The first kappa shape index (κ1) is 15.6. The molecule has 22 heavy (non-hydrogen) atoms. The van der Waals surface area contributed by atoms with E-state index in [1.807, 2.05) is 37.3 Å². The van der Waals surface area contributed by atoms with E-state index in [2.05, 4.69) is 21.0 Å². The molecule has 0 bridgehead atoms. The van der Waals surface area contributed by atoms with Crippen molar-refractivity contribution in [1.29, 1.82) is 0 Å². The lowest BCUT2D eigenvalue weighted by molar-refractivity contribution is -0.136. The molecule has 0 aliphatic heterocycles. The van der Waals surface area contributed by atoms with Crippen molar-refractivity contribution < 1.29 is 9.59 Å². The molecule has 1 heterocycles. The van der Waals surface area contributed by atoms with Gasteiger partial charge in [0.25, 0.3) is 0 Å². The molecule has 0 saturated carbocycles. The summed E-state index contributed by atoms with van der Waals surface area (Å²) in [5, 5.41) is 12.2. The topological polar surface area (TPSA) is 88.0 Å². The average molecular weight is 301 g/mol. The maximum Gasteiger partial charge on any atom is 0.313 e. The molecule has 1 aromatic heterocycles. The molecule has 0 unspecified atom stereocenters. The fraction of sp³-hybridized carbons (Fsp3) is 0.267. The summed E-state index contributed by atoms with van der Waals surface area (Å²) in [7, 11) is 1.73. The normalized spacial score (nSPS) is 11.5. The maximum atomic E-state index is 11.8. The highest BCUT2D eigenvalue weighted by Crippen LogP contribution is 2.05. The molecule has 0 aliphatic rings. The molecule has 1 atom stereocenters. The lowest BCUT2D eigenvalue weighted by Crippen LogP contribution is -2.43. The van der Waals surface area contributed by atoms with Crippen molar-refractivity contribution in [1.82, 2.24) is 15.1 Å². The summed E-state index contributed by atoms with van der Waals surface area (Å²) in [6.07, 6.45) is 3.09. The SMILES string of the molecule is C[C@@H](CNc1ccccc1)NC(=O)C(=O)Nc1cnn(C)c1. The van der Waals surface area contributed by atoms with E-state index in [0.29, 0.717) is 12.2 Å². The summed E-state index contributed by atoms with van der Waals surface area (Å²) in [6, 6.07) is 9.46. The molecule has 0 radical (unpaired) electrons. The average Bonchev–Trinajstić information content (AvgIpc) is 2.91. The molecular formula is C15H19N5O2. The lowest BCUT2D eigenvalue weighted by atomic mass is 10.3. The van der Waals surface area contributed by atoms with Gasteiger partial charge in [-0.2, -0.15) is 5.10 Å². The molecule has 7 heteroatoms. The summed E-state index contributed by atoms with van der Waals surface area (Å²) >= 11 is 0. The first-order chi connectivity index (χ1) is 10.5. The number of carbonyl (C=O) groups excluding carboxylic acids is 2. The van der Waals surface area contributed by atoms with Crippen LogP contribution in [0.25, 0.3) is 0 Å². The van der Waals surface area contributed by atoms with Crippen LogP contribution >= 0.6 is 0 Å². The molecule has 0 fully saturated rings. The molecule has 3 N–H and O–H groups in total. The van der Waals surface area contributed by atoms with Gasteiger partial charge in [0.1, 0.15) is 0 Å². The number of anilines is 2. The van der Waals surface area contributed by atoms with Crippen molar-refractivity contribution in [3.8, 4) is 0 Å². The Bertz CT molecular complexity index is 638. The van der Waals surface area contributed by atoms with Crippen molar-refractivity contribution in [2.75, 3.05) is 17.2 Å². The summed E-state index contributed by atoms with van der Waals surface area (Å²) in [5.74, 6) is -1.38. The number of aromatic nitrogens is 2. The van der Waals surface area contributed by atoms with E-state index in [9.17, 15) is 9.59 Å². The minimum Gasteiger partial charge on any atom is -0.383 e. The Morgan fingerprint density at radius 1 is 1.18 bits per heavy atom. The number of amides is 2. The number of hydrogen-bond acceptors (Lipinski definition) is 4. The predicted molar refractivity (Wildman–Crippen MR) is 84.4 cm³/mol. The largest absolute Gasteiger partial charge is 0.383 e. The van der Waals surface area contributed by atoms with E-state index >= 15 is 0 Å². The number of aryl methyl sites for hydroxylation is 1. The molecular weight excluding hydrogens is 282 g/mol. The van der Waals surface area contributed by atoms with Gasteiger partial charge < -0.3 is 16.0 Å². The van der Waals surface area contributed by atoms with E-state index in [1.54, 1.807) is 17.9 Å². The number of nitrogens with one attached hydrogen (secondary N) is 3. The molecule has 1 aromatic carbocycles. The fourth-order valence-electron chi connectivity index (χ4n) is 1.84. The van der Waals surface area contributed by atoms with Crippen molar-refractivity contribution in [2.45, 2.75) is 13.0 Å². The Kier molecular flexibility index (Phi) is 5.13. The van der Waals surface area contributed by atoms with Crippen molar-refractivity contribution in [3.63, 3.8) is 0 Å². The Labute approximate surface area is 128 Å². The van der Waals surface area contributed by atoms with Gasteiger partial charge in [-0.1, -0.05) is 18.2 Å². The van der Waals surface area contributed by atoms with E-state index in [1.165, 1.54) is 6.20 Å². The van der Waals surface area contributed by atoms with E-state index in [4.69, 9.17) is 0 Å². The molecule has 2 rings (SSSR count). The van der Waals surface area contributed by atoms with Crippen LogP contribution in [-0.4, -0.2) is 34.2 Å². The van der Waals surface area contributed by atoms with Gasteiger partial charge in [0, 0.05) is 31.5 Å². The number of hydrogen-bond donors (Lipinski definition) is 3. The summed E-state index contributed by atoms with van der Waals surface area (Å²) in [5.41, 5.74) is 1.45. The summed E-state index contributed by atoms with van der Waals surface area (Å²) in [6.45, 7) is 2.35. The second kappa shape index (κ2) is 7.26. The van der Waals surface area contributed by atoms with E-state index in [0.717, 1.165) is 5.69 Å². The predicted octanol–water partition coefficient (Wildman–Crippen LogP) is 0.975. The standard InChI is InChI=1S/C15H19N5O2/c1-11(8-16-12-6-4-3-5-7-12)18-14(21)15(22)19-13-9-17-20(2)10-13/h3-7,9-11,16H,8H2,1-2H3,(H,18,21)(H,19,22)/t11-/m0/s1. The molecule has 7 nitrogen and oxygen atoms in total. The minimum atomic E-state index is -0.709. The fourth-order valence-corrected chi connectivity index (χ4v) is 1.84. The summed E-state index contributed by atoms with van der Waals surface area (Å²) < 4.78 is 1.54. The molecule has 0 aliphatic carbocycles. The second-order valence-corrected chi connectivity index (χ2v) is 4.98. The monoisotopic (exact) mass is 301 g/mol. The Balaban J connectivity index is 1.76. The molecule has 0 saturated heterocycles. The van der Waals surface area contributed by atoms with Crippen LogP contribution in [0.5, 0.6) is 0 Å². The maximum absolute atomic E-state index is 11.8. The van der Waals surface area contributed by atoms with Crippen LogP contribution < -0.4 is 16.0 Å². The van der Waals surface area contributed by atoms with Gasteiger partial charge in [0.05, 0.1) is 11.9 Å². The quantitative estimate of drug-likeness (QED) is 0.718. The Morgan fingerprint density at radius 3 is 2.55 bits per heavy atom. The van der Waals surface area contributed by atoms with Gasteiger partial charge in [-0.25, -0.2) is 0 Å². The highest BCUT2D eigenvalue weighted by molar-refractivity contribution is 6.39. The highest BCUT2D eigenvalue weighted by Gasteiger charge is 2.16. The van der Waals surface area contributed by atoms with Crippen LogP contribution in [0.2, 0.25) is 0 Å². The van der Waals surface area contributed by atoms with Crippen LogP contribution in [0.15, 0.2) is 42.7 Å². The molecule has 0 spiro atoms. The number of rotatable bonds is 5. The number of nitrogens with zero attached hydrogens (tertiary/aromatic N) is 2. The van der Waals surface area contributed by atoms with Gasteiger partial charge in [-0.15, -0.1) is 0 Å². The third kappa shape index (κ3) is 4.62. The van der Waals surface area contributed by atoms with Gasteiger partial charge in [-0.05, 0) is 19.1 Å². The first-order valence-corrected chi connectivity index (χ1v) is 6.94. The lowest BCUT2D eigenvalue weighted by Gasteiger charge is -2.15. The third-order valence-corrected chi connectivity index (χ3v) is 2.93.